The van der Waals surface area contributed by atoms with E-state index in [0.717, 1.165) is 51.1 Å². The molecule has 1 aromatic rings. The van der Waals surface area contributed by atoms with E-state index in [4.69, 9.17) is 10.5 Å². The van der Waals surface area contributed by atoms with Crippen molar-refractivity contribution in [3.63, 3.8) is 0 Å². The van der Waals surface area contributed by atoms with Crippen LogP contribution in [0.1, 0.15) is 72.9 Å². The largest absolute Gasteiger partial charge is 0.444 e. The molecular formula is C24H34N4O4. The van der Waals surface area contributed by atoms with Crippen LogP contribution in [0.5, 0.6) is 0 Å². The fraction of sp³-hybridized carbons (Fsp3) is 0.625. The lowest BCUT2D eigenvalue weighted by Gasteiger charge is -2.44. The van der Waals surface area contributed by atoms with Gasteiger partial charge in [0, 0.05) is 44.7 Å². The van der Waals surface area contributed by atoms with Gasteiger partial charge in [-0.05, 0) is 52.2 Å². The number of nitrogens with zero attached hydrogens (tertiary/aromatic N) is 3. The number of carbonyl (C=O) groups is 3. The van der Waals surface area contributed by atoms with E-state index in [-0.39, 0.29) is 24.1 Å². The summed E-state index contributed by atoms with van der Waals surface area (Å²) in [4.78, 5) is 43.3. The highest BCUT2D eigenvalue weighted by molar-refractivity contribution is 6.09. The number of primary amides is 1. The van der Waals surface area contributed by atoms with Crippen molar-refractivity contribution in [3.05, 3.63) is 34.9 Å². The molecule has 2 fully saturated rings. The molecule has 0 spiro atoms. The molecule has 3 amide bonds. The van der Waals surface area contributed by atoms with Crippen LogP contribution in [-0.2, 0) is 4.74 Å². The van der Waals surface area contributed by atoms with Crippen LogP contribution in [0.3, 0.4) is 0 Å². The highest BCUT2D eigenvalue weighted by atomic mass is 16.6. The summed E-state index contributed by atoms with van der Waals surface area (Å²) in [6, 6.07) is 5.46. The molecule has 3 aliphatic rings. The average Bonchev–Trinajstić information content (AvgIpc) is 2.94. The molecular weight excluding hydrogens is 408 g/mol. The number of nitrogens with two attached hydrogens (primary N) is 1. The topological polar surface area (TPSA) is 96.2 Å². The van der Waals surface area contributed by atoms with Gasteiger partial charge < -0.3 is 25.2 Å². The molecule has 8 heteroatoms. The van der Waals surface area contributed by atoms with E-state index in [1.165, 1.54) is 0 Å². The molecule has 1 aromatic carbocycles. The molecule has 32 heavy (non-hydrogen) atoms. The summed E-state index contributed by atoms with van der Waals surface area (Å²) in [5.74, 6) is -0.166. The van der Waals surface area contributed by atoms with Gasteiger partial charge in [0.1, 0.15) is 5.60 Å². The Kier molecular flexibility index (Phi) is 5.92. The predicted octanol–water partition coefficient (Wildman–Crippen LogP) is 2.63. The van der Waals surface area contributed by atoms with Crippen LogP contribution in [0.4, 0.5) is 4.79 Å². The van der Waals surface area contributed by atoms with E-state index >= 15 is 0 Å². The molecule has 0 radical (unpaired) electrons. The zero-order chi connectivity index (χ0) is 23.2. The number of hydrogen-bond donors (Lipinski definition) is 1. The summed E-state index contributed by atoms with van der Waals surface area (Å²) >= 11 is 0. The van der Waals surface area contributed by atoms with Gasteiger partial charge in [0.15, 0.2) is 0 Å². The maximum atomic E-state index is 13.2. The first-order chi connectivity index (χ1) is 15.0. The zero-order valence-corrected chi connectivity index (χ0v) is 19.5. The van der Waals surface area contributed by atoms with Gasteiger partial charge in [0.2, 0.25) is 5.91 Å². The normalized spacial score (nSPS) is 22.6. The maximum absolute atomic E-state index is 13.2. The van der Waals surface area contributed by atoms with E-state index in [1.54, 1.807) is 17.0 Å². The van der Waals surface area contributed by atoms with Crippen LogP contribution in [0, 0.1) is 5.92 Å². The molecule has 0 aromatic heterocycles. The number of fused-ring (bicyclic) bond motifs is 1. The van der Waals surface area contributed by atoms with E-state index in [0.29, 0.717) is 17.0 Å². The predicted molar refractivity (Wildman–Crippen MR) is 120 cm³/mol. The van der Waals surface area contributed by atoms with Gasteiger partial charge in [-0.25, -0.2) is 4.79 Å². The number of benzene rings is 1. The van der Waals surface area contributed by atoms with Crippen LogP contribution in [0.2, 0.25) is 0 Å². The van der Waals surface area contributed by atoms with Crippen molar-refractivity contribution in [2.24, 2.45) is 11.7 Å². The monoisotopic (exact) mass is 442 g/mol. The van der Waals surface area contributed by atoms with Gasteiger partial charge >= 0.3 is 6.09 Å². The summed E-state index contributed by atoms with van der Waals surface area (Å²) in [7, 11) is 0. The van der Waals surface area contributed by atoms with Gasteiger partial charge in [-0.2, -0.15) is 0 Å². The van der Waals surface area contributed by atoms with Crippen molar-refractivity contribution in [2.45, 2.75) is 58.2 Å². The Morgan fingerprint density at radius 2 is 1.81 bits per heavy atom. The number of rotatable bonds is 4. The molecule has 0 saturated carbocycles. The summed E-state index contributed by atoms with van der Waals surface area (Å²) in [6.45, 7) is 11.9. The molecule has 4 rings (SSSR count). The summed E-state index contributed by atoms with van der Waals surface area (Å²) < 4.78 is 5.43. The fourth-order valence-corrected chi connectivity index (χ4v) is 5.21. The van der Waals surface area contributed by atoms with Crippen LogP contribution in [0.15, 0.2) is 18.2 Å². The number of carbonyl (C=O) groups excluding carboxylic acids is 3. The molecule has 3 aliphatic heterocycles. The number of amides is 3. The summed E-state index contributed by atoms with van der Waals surface area (Å²) in [6.07, 6.45) is 1.57. The smallest absolute Gasteiger partial charge is 0.410 e. The van der Waals surface area contributed by atoms with Gasteiger partial charge in [0.05, 0.1) is 17.2 Å². The number of hydrogen-bond acceptors (Lipinski definition) is 5. The lowest BCUT2D eigenvalue weighted by molar-refractivity contribution is -0.00900. The van der Waals surface area contributed by atoms with Gasteiger partial charge in [-0.3, -0.25) is 9.59 Å². The molecule has 2 N–H and O–H groups in total. The summed E-state index contributed by atoms with van der Waals surface area (Å²) in [5.41, 5.74) is 6.74. The molecule has 1 unspecified atom stereocenters. The SMILES string of the molecule is CC1c2cccc(C(N)=O)c2C(=O)N1C1CCN(CC2CN(C(=O)OC(C)(C)C)C2)CC1. The van der Waals surface area contributed by atoms with Gasteiger partial charge in [0.25, 0.3) is 5.91 Å². The summed E-state index contributed by atoms with van der Waals surface area (Å²) in [5, 5.41) is 0. The second-order valence-corrected chi connectivity index (χ2v) is 10.3. The minimum Gasteiger partial charge on any atom is -0.444 e. The standard InChI is InChI=1S/C24H34N4O4/c1-15-18-6-5-7-19(21(25)29)20(18)22(30)28(15)17-8-10-26(11-9-17)12-16-13-27(14-16)23(31)32-24(2,3)4/h5-7,15-17H,8-14H2,1-4H3,(H2,25,29). The second kappa shape index (κ2) is 8.39. The highest BCUT2D eigenvalue weighted by Crippen LogP contribution is 2.38. The van der Waals surface area contributed by atoms with E-state index < -0.39 is 11.5 Å². The third-order valence-corrected chi connectivity index (χ3v) is 6.75. The first kappa shape index (κ1) is 22.6. The van der Waals surface area contributed by atoms with Crippen LogP contribution in [0.25, 0.3) is 0 Å². The van der Waals surface area contributed by atoms with E-state index in [2.05, 4.69) is 4.90 Å². The van der Waals surface area contributed by atoms with Crippen molar-refractivity contribution in [1.82, 2.24) is 14.7 Å². The fourth-order valence-electron chi connectivity index (χ4n) is 5.21. The molecule has 2 saturated heterocycles. The van der Waals surface area contributed by atoms with Crippen molar-refractivity contribution in [3.8, 4) is 0 Å². The minimum atomic E-state index is -0.556. The Bertz CT molecular complexity index is 911. The third kappa shape index (κ3) is 4.33. The van der Waals surface area contributed by atoms with E-state index in [9.17, 15) is 14.4 Å². The van der Waals surface area contributed by atoms with Crippen LogP contribution in [-0.4, -0.2) is 77.0 Å². The van der Waals surface area contributed by atoms with Gasteiger partial charge in [-0.15, -0.1) is 0 Å². The van der Waals surface area contributed by atoms with Crippen molar-refractivity contribution < 1.29 is 19.1 Å². The van der Waals surface area contributed by atoms with Crippen molar-refractivity contribution in [2.75, 3.05) is 32.7 Å². The second-order valence-electron chi connectivity index (χ2n) is 10.3. The first-order valence-electron chi connectivity index (χ1n) is 11.5. The quantitative estimate of drug-likeness (QED) is 0.773. The Labute approximate surface area is 189 Å². The lowest BCUT2D eigenvalue weighted by Crippen LogP contribution is -2.56. The molecule has 174 valence electrons. The Hall–Kier alpha value is -2.61. The van der Waals surface area contributed by atoms with Crippen LogP contribution < -0.4 is 5.73 Å². The van der Waals surface area contributed by atoms with E-state index in [1.807, 2.05) is 38.7 Å². The average molecular weight is 443 g/mol. The molecule has 1 atom stereocenters. The minimum absolute atomic E-state index is 0.0534. The molecule has 0 aliphatic carbocycles. The Balaban J connectivity index is 1.29. The molecule has 3 heterocycles. The maximum Gasteiger partial charge on any atom is 0.410 e. The number of piperidine rings is 1. The lowest BCUT2D eigenvalue weighted by atomic mass is 9.96. The zero-order valence-electron chi connectivity index (χ0n) is 19.5. The van der Waals surface area contributed by atoms with Crippen LogP contribution >= 0.6 is 0 Å². The third-order valence-electron chi connectivity index (χ3n) is 6.75. The van der Waals surface area contributed by atoms with Crippen molar-refractivity contribution in [1.29, 1.82) is 0 Å². The Morgan fingerprint density at radius 1 is 1.16 bits per heavy atom. The number of ether oxygens (including phenoxy) is 1. The van der Waals surface area contributed by atoms with Crippen molar-refractivity contribution >= 4 is 17.9 Å². The highest BCUT2D eigenvalue weighted by Gasteiger charge is 2.42. The first-order valence-corrected chi connectivity index (χ1v) is 11.5. The molecule has 0 bridgehead atoms. The Morgan fingerprint density at radius 3 is 2.41 bits per heavy atom. The van der Waals surface area contributed by atoms with Gasteiger partial charge in [-0.1, -0.05) is 12.1 Å². The number of likely N-dealkylation sites (tertiary alicyclic amines) is 2. The molecule has 8 nitrogen and oxygen atoms in total.